The van der Waals surface area contributed by atoms with Gasteiger partial charge < -0.3 is 19.5 Å². The Bertz CT molecular complexity index is 524. The zero-order valence-corrected chi connectivity index (χ0v) is 13.7. The van der Waals surface area contributed by atoms with Gasteiger partial charge in [0.2, 0.25) is 0 Å². The number of likely N-dealkylation sites (tertiary alicyclic amines) is 1. The maximum atomic E-state index is 12.3. The summed E-state index contributed by atoms with van der Waals surface area (Å²) in [6.45, 7) is 6.03. The monoisotopic (exact) mass is 307 g/mol. The van der Waals surface area contributed by atoms with Gasteiger partial charge in [-0.25, -0.2) is 4.79 Å². The van der Waals surface area contributed by atoms with Crippen LogP contribution in [0, 0.1) is 0 Å². The van der Waals surface area contributed by atoms with Gasteiger partial charge >= 0.3 is 6.09 Å². The van der Waals surface area contributed by atoms with Crippen molar-refractivity contribution in [1.82, 2.24) is 4.90 Å². The van der Waals surface area contributed by atoms with E-state index in [1.165, 1.54) is 0 Å². The van der Waals surface area contributed by atoms with Crippen molar-refractivity contribution in [3.05, 3.63) is 29.8 Å². The number of ether oxygens (including phenoxy) is 2. The van der Waals surface area contributed by atoms with Crippen molar-refractivity contribution in [2.24, 2.45) is 0 Å². The zero-order chi connectivity index (χ0) is 16.3. The molecule has 1 aromatic rings. The Balaban J connectivity index is 2.14. The van der Waals surface area contributed by atoms with E-state index in [4.69, 9.17) is 9.47 Å². The molecule has 0 aliphatic carbocycles. The summed E-state index contributed by atoms with van der Waals surface area (Å²) in [6, 6.07) is 7.38. The molecule has 0 radical (unpaired) electrons. The highest BCUT2D eigenvalue weighted by atomic mass is 16.6. The van der Waals surface area contributed by atoms with Gasteiger partial charge in [-0.05, 0) is 45.2 Å². The number of hydrogen-bond acceptors (Lipinski definition) is 4. The van der Waals surface area contributed by atoms with Gasteiger partial charge in [0.15, 0.2) is 0 Å². The third-order valence-electron chi connectivity index (χ3n) is 3.76. The van der Waals surface area contributed by atoms with Crippen LogP contribution in [0.5, 0.6) is 5.75 Å². The van der Waals surface area contributed by atoms with E-state index in [0.29, 0.717) is 19.4 Å². The van der Waals surface area contributed by atoms with Gasteiger partial charge in [-0.2, -0.15) is 0 Å². The number of benzene rings is 1. The second-order valence-corrected chi connectivity index (χ2v) is 6.61. The molecule has 2 atom stereocenters. The Hall–Kier alpha value is -1.75. The van der Waals surface area contributed by atoms with Crippen LogP contribution in [-0.2, 0) is 11.2 Å². The van der Waals surface area contributed by atoms with Crippen LogP contribution in [-0.4, -0.2) is 47.5 Å². The molecule has 1 saturated heterocycles. The first kappa shape index (κ1) is 16.6. The molecule has 1 aromatic carbocycles. The molecule has 1 aliphatic rings. The minimum atomic E-state index is -0.544. The molecule has 0 spiro atoms. The Morgan fingerprint density at radius 3 is 2.68 bits per heavy atom. The summed E-state index contributed by atoms with van der Waals surface area (Å²) in [6.07, 6.45) is 0.199. The minimum absolute atomic E-state index is 0.286. The molecule has 0 aromatic heterocycles. The summed E-state index contributed by atoms with van der Waals surface area (Å²) in [7, 11) is 1.62. The fraction of sp³-hybridized carbons (Fsp3) is 0.588. The average molecular weight is 307 g/mol. The van der Waals surface area contributed by atoms with Crippen molar-refractivity contribution in [2.75, 3.05) is 13.7 Å². The molecule has 1 aliphatic heterocycles. The van der Waals surface area contributed by atoms with Crippen molar-refractivity contribution in [3.8, 4) is 5.75 Å². The summed E-state index contributed by atoms with van der Waals surface area (Å²) < 4.78 is 10.8. The van der Waals surface area contributed by atoms with Crippen molar-refractivity contribution in [1.29, 1.82) is 0 Å². The highest BCUT2D eigenvalue weighted by molar-refractivity contribution is 5.69. The quantitative estimate of drug-likeness (QED) is 0.932. The zero-order valence-electron chi connectivity index (χ0n) is 13.7. The lowest BCUT2D eigenvalue weighted by atomic mass is 10.0. The Morgan fingerprint density at radius 2 is 2.05 bits per heavy atom. The van der Waals surface area contributed by atoms with Crippen molar-refractivity contribution >= 4 is 6.09 Å². The van der Waals surface area contributed by atoms with Crippen LogP contribution in [0.2, 0.25) is 0 Å². The van der Waals surface area contributed by atoms with E-state index in [2.05, 4.69) is 0 Å². The molecule has 1 fully saturated rings. The number of amides is 1. The van der Waals surface area contributed by atoms with Gasteiger partial charge in [0.05, 0.1) is 19.3 Å². The van der Waals surface area contributed by atoms with Gasteiger partial charge in [-0.15, -0.1) is 0 Å². The molecule has 0 saturated carbocycles. The van der Waals surface area contributed by atoms with Crippen LogP contribution in [0.3, 0.4) is 0 Å². The van der Waals surface area contributed by atoms with Crippen LogP contribution < -0.4 is 4.74 Å². The van der Waals surface area contributed by atoms with Crippen LogP contribution in [0.15, 0.2) is 24.3 Å². The first-order valence-corrected chi connectivity index (χ1v) is 7.61. The number of aliphatic hydroxyl groups excluding tert-OH is 1. The summed E-state index contributed by atoms with van der Waals surface area (Å²) in [4.78, 5) is 14.0. The number of rotatable bonds is 3. The molecule has 122 valence electrons. The third-order valence-corrected chi connectivity index (χ3v) is 3.76. The molecule has 0 bridgehead atoms. The summed E-state index contributed by atoms with van der Waals surface area (Å²) >= 11 is 0. The molecular weight excluding hydrogens is 282 g/mol. The number of methoxy groups -OCH3 is 1. The van der Waals surface area contributed by atoms with E-state index in [1.54, 1.807) is 12.0 Å². The van der Waals surface area contributed by atoms with Crippen molar-refractivity contribution in [3.63, 3.8) is 0 Å². The molecule has 22 heavy (non-hydrogen) atoms. The molecule has 5 heteroatoms. The van der Waals surface area contributed by atoms with E-state index in [9.17, 15) is 9.90 Å². The third kappa shape index (κ3) is 3.91. The number of carbonyl (C=O) groups is 1. The summed E-state index contributed by atoms with van der Waals surface area (Å²) in [5.41, 5.74) is 0.434. The summed E-state index contributed by atoms with van der Waals surface area (Å²) in [5.74, 6) is 0.769. The highest BCUT2D eigenvalue weighted by Crippen LogP contribution is 2.27. The van der Waals surface area contributed by atoms with Gasteiger partial charge in [0.25, 0.3) is 0 Å². The van der Waals surface area contributed by atoms with Gasteiger partial charge in [-0.3, -0.25) is 0 Å². The fourth-order valence-corrected chi connectivity index (χ4v) is 2.73. The minimum Gasteiger partial charge on any atom is -0.496 e. The lowest BCUT2D eigenvalue weighted by molar-refractivity contribution is 0.0155. The number of carbonyl (C=O) groups excluding carboxylic acids is 1. The average Bonchev–Trinajstić information content (AvgIpc) is 2.79. The Kier molecular flexibility index (Phi) is 4.96. The first-order chi connectivity index (χ1) is 10.3. The predicted octanol–water partition coefficient (Wildman–Crippen LogP) is 2.61. The number of hydrogen-bond donors (Lipinski definition) is 1. The van der Waals surface area contributed by atoms with Crippen LogP contribution in [0.1, 0.15) is 32.8 Å². The lowest BCUT2D eigenvalue weighted by Gasteiger charge is -2.29. The van der Waals surface area contributed by atoms with Gasteiger partial charge in [-0.1, -0.05) is 18.2 Å². The molecule has 1 heterocycles. The van der Waals surface area contributed by atoms with Crippen LogP contribution in [0.25, 0.3) is 0 Å². The molecule has 1 N–H and O–H groups in total. The fourth-order valence-electron chi connectivity index (χ4n) is 2.73. The van der Waals surface area contributed by atoms with E-state index in [1.807, 2.05) is 45.0 Å². The molecular formula is C17H25NO4. The van der Waals surface area contributed by atoms with Crippen molar-refractivity contribution < 1.29 is 19.4 Å². The maximum Gasteiger partial charge on any atom is 0.410 e. The Morgan fingerprint density at radius 1 is 1.36 bits per heavy atom. The summed E-state index contributed by atoms with van der Waals surface area (Å²) in [5, 5.41) is 10.2. The number of nitrogens with zero attached hydrogens (tertiary/aromatic N) is 1. The topological polar surface area (TPSA) is 59.0 Å². The largest absolute Gasteiger partial charge is 0.496 e. The lowest BCUT2D eigenvalue weighted by Crippen LogP contribution is -2.43. The second-order valence-electron chi connectivity index (χ2n) is 6.61. The van der Waals surface area contributed by atoms with E-state index < -0.39 is 11.7 Å². The van der Waals surface area contributed by atoms with Crippen LogP contribution >= 0.6 is 0 Å². The van der Waals surface area contributed by atoms with Crippen molar-refractivity contribution in [2.45, 2.75) is 51.4 Å². The molecule has 0 unspecified atom stereocenters. The number of para-hydroxylation sites is 1. The maximum absolute atomic E-state index is 12.3. The van der Waals surface area contributed by atoms with E-state index >= 15 is 0 Å². The Labute approximate surface area is 131 Å². The van der Waals surface area contributed by atoms with Crippen LogP contribution in [0.4, 0.5) is 4.79 Å². The van der Waals surface area contributed by atoms with E-state index in [-0.39, 0.29) is 12.1 Å². The smallest absolute Gasteiger partial charge is 0.410 e. The SMILES string of the molecule is COc1ccccc1C[C@H]1[C@H](O)CCN1C(=O)OC(C)(C)C. The van der Waals surface area contributed by atoms with E-state index in [0.717, 1.165) is 11.3 Å². The standard InChI is InChI=1S/C17H25NO4/c1-17(2,3)22-16(20)18-10-9-14(19)13(18)11-12-7-5-6-8-15(12)21-4/h5-8,13-14,19H,9-11H2,1-4H3/t13-,14+/m0/s1. The van der Waals surface area contributed by atoms with Gasteiger partial charge in [0, 0.05) is 6.54 Å². The number of aliphatic hydroxyl groups is 1. The molecule has 5 nitrogen and oxygen atoms in total. The highest BCUT2D eigenvalue weighted by Gasteiger charge is 2.38. The molecule has 2 rings (SSSR count). The van der Waals surface area contributed by atoms with Gasteiger partial charge in [0.1, 0.15) is 11.4 Å². The molecule has 1 amide bonds. The normalized spacial score (nSPS) is 21.8. The predicted molar refractivity (Wildman–Crippen MR) is 84.0 cm³/mol. The first-order valence-electron chi connectivity index (χ1n) is 7.61. The second kappa shape index (κ2) is 6.57.